The summed E-state index contributed by atoms with van der Waals surface area (Å²) in [5.41, 5.74) is 7.99. The number of nitrogens with zero attached hydrogens (tertiary/aromatic N) is 3. The highest BCUT2D eigenvalue weighted by molar-refractivity contribution is 5.74. The molecule has 3 aromatic carbocycles. The molecule has 0 aliphatic carbocycles. The van der Waals surface area contributed by atoms with Gasteiger partial charge in [0.05, 0.1) is 34.1 Å². The van der Waals surface area contributed by atoms with Crippen LogP contribution in [0, 0.1) is 11.3 Å². The van der Waals surface area contributed by atoms with Gasteiger partial charge in [0.15, 0.2) is 0 Å². The van der Waals surface area contributed by atoms with E-state index < -0.39 is 0 Å². The molecule has 0 aliphatic rings. The molecule has 3 heteroatoms. The third-order valence-corrected chi connectivity index (χ3v) is 5.18. The maximum atomic E-state index is 9.35. The summed E-state index contributed by atoms with van der Waals surface area (Å²) in [6.45, 7) is 2.20. The Bertz CT molecular complexity index is 1170. The molecule has 29 heavy (non-hydrogen) atoms. The predicted molar refractivity (Wildman–Crippen MR) is 118 cm³/mol. The number of hydrogen-bond donors (Lipinski definition) is 0. The fourth-order valence-electron chi connectivity index (χ4n) is 3.59. The average molecular weight is 377 g/mol. The second-order valence-electron chi connectivity index (χ2n) is 7.24. The van der Waals surface area contributed by atoms with Crippen molar-refractivity contribution in [2.75, 3.05) is 0 Å². The first kappa shape index (κ1) is 18.8. The zero-order valence-corrected chi connectivity index (χ0v) is 16.6. The number of aromatic nitrogens is 2. The van der Waals surface area contributed by atoms with Gasteiger partial charge in [-0.1, -0.05) is 67.9 Å². The summed E-state index contributed by atoms with van der Waals surface area (Å²) in [6, 6.07) is 26.5. The highest BCUT2D eigenvalue weighted by Crippen LogP contribution is 2.25. The van der Waals surface area contributed by atoms with E-state index in [0.717, 1.165) is 59.2 Å². The minimum absolute atomic E-state index is 0.697. The summed E-state index contributed by atoms with van der Waals surface area (Å²) >= 11 is 0. The number of unbranched alkanes of at least 4 members (excludes halogenated alkanes) is 1. The maximum Gasteiger partial charge on any atom is 0.0998 e. The quantitative estimate of drug-likeness (QED) is 0.408. The van der Waals surface area contributed by atoms with E-state index in [-0.39, 0.29) is 0 Å². The minimum atomic E-state index is 0.697. The van der Waals surface area contributed by atoms with E-state index in [1.165, 1.54) is 5.56 Å². The standard InChI is InChI=1S/C26H23N3/c1-2-3-10-25-26(29-24-12-7-6-11-23(24)28-25)17-19-13-15-20(16-14-19)22-9-5-4-8-21(22)18-27/h4-9,11-16H,2-3,10,17H2,1H3. The Hall–Kier alpha value is -3.51. The summed E-state index contributed by atoms with van der Waals surface area (Å²) in [4.78, 5) is 9.82. The molecule has 1 aromatic heterocycles. The monoisotopic (exact) mass is 377 g/mol. The van der Waals surface area contributed by atoms with Crippen LogP contribution in [0.3, 0.4) is 0 Å². The first-order valence-corrected chi connectivity index (χ1v) is 10.1. The third-order valence-electron chi connectivity index (χ3n) is 5.18. The Balaban J connectivity index is 1.65. The Kier molecular flexibility index (Phi) is 5.63. The predicted octanol–water partition coefficient (Wildman–Crippen LogP) is 6.10. The zero-order chi connectivity index (χ0) is 20.1. The van der Waals surface area contributed by atoms with E-state index in [1.807, 2.05) is 48.5 Å². The lowest BCUT2D eigenvalue weighted by atomic mass is 9.98. The van der Waals surface area contributed by atoms with Crippen LogP contribution in [0.2, 0.25) is 0 Å². The molecule has 1 heterocycles. The fraction of sp³-hybridized carbons (Fsp3) is 0.192. The smallest absolute Gasteiger partial charge is 0.0998 e. The van der Waals surface area contributed by atoms with Crippen LogP contribution in [-0.2, 0) is 12.8 Å². The third kappa shape index (κ3) is 4.17. The number of hydrogen-bond acceptors (Lipinski definition) is 3. The van der Waals surface area contributed by atoms with Gasteiger partial charge < -0.3 is 0 Å². The maximum absolute atomic E-state index is 9.35. The van der Waals surface area contributed by atoms with Crippen molar-refractivity contribution in [1.82, 2.24) is 9.97 Å². The molecule has 3 nitrogen and oxygen atoms in total. The molecule has 0 aliphatic heterocycles. The molecule has 0 unspecified atom stereocenters. The van der Waals surface area contributed by atoms with Crippen molar-refractivity contribution in [2.24, 2.45) is 0 Å². The number of rotatable bonds is 6. The Morgan fingerprint density at radius 3 is 2.14 bits per heavy atom. The lowest BCUT2D eigenvalue weighted by molar-refractivity contribution is 0.764. The second-order valence-corrected chi connectivity index (χ2v) is 7.24. The van der Waals surface area contributed by atoms with Crippen molar-refractivity contribution in [2.45, 2.75) is 32.6 Å². The Labute approximate surface area is 171 Å². The molecule has 0 radical (unpaired) electrons. The number of fused-ring (bicyclic) bond motifs is 1. The van der Waals surface area contributed by atoms with Crippen LogP contribution >= 0.6 is 0 Å². The van der Waals surface area contributed by atoms with Crippen molar-refractivity contribution >= 4 is 11.0 Å². The van der Waals surface area contributed by atoms with Crippen LogP contribution in [0.15, 0.2) is 72.8 Å². The molecular formula is C26H23N3. The highest BCUT2D eigenvalue weighted by Gasteiger charge is 2.10. The second kappa shape index (κ2) is 8.67. The van der Waals surface area contributed by atoms with Crippen molar-refractivity contribution in [3.8, 4) is 17.2 Å². The van der Waals surface area contributed by atoms with Crippen LogP contribution in [0.5, 0.6) is 0 Å². The number of benzene rings is 3. The van der Waals surface area contributed by atoms with E-state index >= 15 is 0 Å². The fourth-order valence-corrected chi connectivity index (χ4v) is 3.59. The first-order valence-electron chi connectivity index (χ1n) is 10.1. The minimum Gasteiger partial charge on any atom is -0.249 e. The van der Waals surface area contributed by atoms with E-state index in [2.05, 4.69) is 37.3 Å². The largest absolute Gasteiger partial charge is 0.249 e. The molecule has 0 N–H and O–H groups in total. The average Bonchev–Trinajstić information content (AvgIpc) is 2.78. The summed E-state index contributed by atoms with van der Waals surface area (Å²) in [5.74, 6) is 0. The highest BCUT2D eigenvalue weighted by atomic mass is 14.8. The number of nitriles is 1. The summed E-state index contributed by atoms with van der Waals surface area (Å²) < 4.78 is 0. The van der Waals surface area contributed by atoms with Gasteiger partial charge in [0.2, 0.25) is 0 Å². The molecule has 4 rings (SSSR count). The molecule has 0 atom stereocenters. The molecule has 0 fully saturated rings. The topological polar surface area (TPSA) is 49.6 Å². The van der Waals surface area contributed by atoms with Gasteiger partial charge in [-0.15, -0.1) is 0 Å². The Morgan fingerprint density at radius 2 is 1.45 bits per heavy atom. The van der Waals surface area contributed by atoms with Gasteiger partial charge in [0.1, 0.15) is 0 Å². The number of aryl methyl sites for hydroxylation is 1. The zero-order valence-electron chi connectivity index (χ0n) is 16.6. The van der Waals surface area contributed by atoms with Crippen molar-refractivity contribution in [3.05, 3.63) is 95.3 Å². The SMILES string of the molecule is CCCCc1nc2ccccc2nc1Cc1ccc(-c2ccccc2C#N)cc1. The van der Waals surface area contributed by atoms with E-state index in [1.54, 1.807) is 0 Å². The molecule has 142 valence electrons. The van der Waals surface area contributed by atoms with Crippen LogP contribution < -0.4 is 0 Å². The van der Waals surface area contributed by atoms with Crippen molar-refractivity contribution < 1.29 is 0 Å². The molecular weight excluding hydrogens is 354 g/mol. The molecule has 0 spiro atoms. The van der Waals surface area contributed by atoms with E-state index in [0.29, 0.717) is 5.56 Å². The normalized spacial score (nSPS) is 10.8. The van der Waals surface area contributed by atoms with E-state index in [9.17, 15) is 5.26 Å². The van der Waals surface area contributed by atoms with Crippen molar-refractivity contribution in [1.29, 1.82) is 5.26 Å². The van der Waals surface area contributed by atoms with Crippen LogP contribution in [0.4, 0.5) is 0 Å². The van der Waals surface area contributed by atoms with Gasteiger partial charge in [-0.25, -0.2) is 9.97 Å². The Morgan fingerprint density at radius 1 is 0.793 bits per heavy atom. The molecule has 0 saturated heterocycles. The number of para-hydroxylation sites is 2. The van der Waals surface area contributed by atoms with Gasteiger partial charge in [-0.2, -0.15) is 5.26 Å². The molecule has 0 bridgehead atoms. The van der Waals surface area contributed by atoms with Crippen molar-refractivity contribution in [3.63, 3.8) is 0 Å². The summed E-state index contributed by atoms with van der Waals surface area (Å²) in [6.07, 6.45) is 3.97. The lowest BCUT2D eigenvalue weighted by Gasteiger charge is -2.11. The van der Waals surface area contributed by atoms with Crippen LogP contribution in [-0.4, -0.2) is 9.97 Å². The summed E-state index contributed by atoms with van der Waals surface area (Å²) in [7, 11) is 0. The van der Waals surface area contributed by atoms with Gasteiger partial charge in [-0.05, 0) is 47.7 Å². The van der Waals surface area contributed by atoms with E-state index in [4.69, 9.17) is 9.97 Å². The van der Waals surface area contributed by atoms with Crippen LogP contribution in [0.1, 0.15) is 42.3 Å². The first-order chi connectivity index (χ1) is 14.3. The van der Waals surface area contributed by atoms with Gasteiger partial charge >= 0.3 is 0 Å². The van der Waals surface area contributed by atoms with Gasteiger partial charge in [0.25, 0.3) is 0 Å². The van der Waals surface area contributed by atoms with Gasteiger partial charge in [0, 0.05) is 6.42 Å². The van der Waals surface area contributed by atoms with Crippen LogP contribution in [0.25, 0.3) is 22.2 Å². The molecule has 0 amide bonds. The molecule has 0 saturated carbocycles. The lowest BCUT2D eigenvalue weighted by Crippen LogP contribution is -2.04. The van der Waals surface area contributed by atoms with Gasteiger partial charge in [-0.3, -0.25) is 0 Å². The summed E-state index contributed by atoms with van der Waals surface area (Å²) in [5, 5.41) is 9.35. The molecule has 4 aromatic rings.